The summed E-state index contributed by atoms with van der Waals surface area (Å²) in [5.41, 5.74) is 10.6. The quantitative estimate of drug-likeness (QED) is 0.365. The van der Waals surface area contributed by atoms with Crippen molar-refractivity contribution < 1.29 is 14.3 Å². The average molecular weight is 462 g/mol. The van der Waals surface area contributed by atoms with Crippen LogP contribution in [0.3, 0.4) is 0 Å². The summed E-state index contributed by atoms with van der Waals surface area (Å²) in [5, 5.41) is 4.05. The highest BCUT2D eigenvalue weighted by molar-refractivity contribution is 5.87. The molecule has 3 heterocycles. The molecule has 1 aliphatic heterocycles. The molecule has 0 bridgehead atoms. The van der Waals surface area contributed by atoms with Crippen molar-refractivity contribution in [3.63, 3.8) is 0 Å². The number of amides is 1. The number of nitrogens with one attached hydrogen (secondary N) is 2. The normalized spacial score (nSPS) is 12.8. The molecule has 5 rings (SSSR count). The summed E-state index contributed by atoms with van der Waals surface area (Å²) in [6, 6.07) is 13.5. The van der Waals surface area contributed by atoms with E-state index in [1.54, 1.807) is 12.5 Å². The zero-order chi connectivity index (χ0) is 23.9. The van der Waals surface area contributed by atoms with Crippen LogP contribution in [0.2, 0.25) is 0 Å². The molecule has 1 aliphatic rings. The number of aryl methyl sites for hydroxylation is 3. The molecule has 0 saturated heterocycles. The number of benzene rings is 2. The lowest BCUT2D eigenvalue weighted by Crippen LogP contribution is -2.42. The molecular formula is C26H31N5O3. The number of nitrogens with two attached hydrogens (primary N) is 1. The van der Waals surface area contributed by atoms with Crippen LogP contribution in [-0.2, 0) is 17.8 Å². The van der Waals surface area contributed by atoms with Gasteiger partial charge in [0.1, 0.15) is 0 Å². The molecular weight excluding hydrogens is 430 g/mol. The van der Waals surface area contributed by atoms with Crippen LogP contribution in [0.15, 0.2) is 61.2 Å². The average Bonchev–Trinajstić information content (AvgIpc) is 3.58. The maximum Gasteiger partial charge on any atom is 0.237 e. The van der Waals surface area contributed by atoms with E-state index in [1.807, 2.05) is 61.0 Å². The SMILES string of the molecule is Cc1[nH]c2ccccc2c1C[C@H](N)C(=O)NCCCn1ccnc1.Cc1ccc2c(c1)OCO2. The first kappa shape index (κ1) is 23.4. The fourth-order valence-electron chi connectivity index (χ4n) is 3.94. The monoisotopic (exact) mass is 461 g/mol. The predicted octanol–water partition coefficient (Wildman–Crippen LogP) is 3.47. The molecule has 4 aromatic rings. The van der Waals surface area contributed by atoms with E-state index in [4.69, 9.17) is 15.2 Å². The van der Waals surface area contributed by atoms with Gasteiger partial charge in [0.05, 0.1) is 12.4 Å². The van der Waals surface area contributed by atoms with Crippen LogP contribution in [0, 0.1) is 13.8 Å². The maximum atomic E-state index is 12.2. The largest absolute Gasteiger partial charge is 0.454 e. The third-order valence-electron chi connectivity index (χ3n) is 5.77. The molecule has 8 heteroatoms. The Labute approximate surface area is 199 Å². The van der Waals surface area contributed by atoms with Gasteiger partial charge in [-0.25, -0.2) is 4.98 Å². The zero-order valence-electron chi connectivity index (χ0n) is 19.6. The minimum atomic E-state index is -0.545. The fraction of sp³-hybridized carbons (Fsp3) is 0.308. The van der Waals surface area contributed by atoms with Crippen molar-refractivity contribution >= 4 is 16.8 Å². The topological polar surface area (TPSA) is 107 Å². The number of carbonyl (C=O) groups excluding carboxylic acids is 1. The second-order valence-corrected chi connectivity index (χ2v) is 8.39. The second kappa shape index (κ2) is 10.9. The molecule has 0 saturated carbocycles. The molecule has 0 spiro atoms. The number of aromatic nitrogens is 3. The number of hydrogen-bond acceptors (Lipinski definition) is 5. The second-order valence-electron chi connectivity index (χ2n) is 8.39. The molecule has 1 atom stereocenters. The first-order chi connectivity index (χ1) is 16.5. The van der Waals surface area contributed by atoms with E-state index in [2.05, 4.69) is 21.4 Å². The third-order valence-corrected chi connectivity index (χ3v) is 5.77. The number of carbonyl (C=O) groups is 1. The lowest BCUT2D eigenvalue weighted by molar-refractivity contribution is -0.122. The van der Waals surface area contributed by atoms with Gasteiger partial charge in [0, 0.05) is 42.1 Å². The number of aromatic amines is 1. The van der Waals surface area contributed by atoms with Crippen LogP contribution in [0.5, 0.6) is 11.5 Å². The minimum absolute atomic E-state index is 0.106. The molecule has 0 fully saturated rings. The number of rotatable bonds is 7. The van der Waals surface area contributed by atoms with Crippen molar-refractivity contribution in [2.45, 2.75) is 39.3 Å². The van der Waals surface area contributed by atoms with Gasteiger partial charge in [-0.2, -0.15) is 0 Å². The zero-order valence-corrected chi connectivity index (χ0v) is 19.6. The van der Waals surface area contributed by atoms with Crippen molar-refractivity contribution in [1.29, 1.82) is 0 Å². The maximum absolute atomic E-state index is 12.2. The van der Waals surface area contributed by atoms with Gasteiger partial charge < -0.3 is 30.1 Å². The molecule has 0 aliphatic carbocycles. The van der Waals surface area contributed by atoms with Gasteiger partial charge >= 0.3 is 0 Å². The fourth-order valence-corrected chi connectivity index (χ4v) is 3.94. The van der Waals surface area contributed by atoms with Crippen LogP contribution in [0.4, 0.5) is 0 Å². The summed E-state index contributed by atoms with van der Waals surface area (Å²) in [6.45, 7) is 5.85. The highest BCUT2D eigenvalue weighted by Crippen LogP contribution is 2.32. The molecule has 0 unspecified atom stereocenters. The van der Waals surface area contributed by atoms with E-state index in [9.17, 15) is 4.79 Å². The van der Waals surface area contributed by atoms with E-state index in [0.29, 0.717) is 19.8 Å². The van der Waals surface area contributed by atoms with Crippen molar-refractivity contribution in [1.82, 2.24) is 19.9 Å². The summed E-state index contributed by atoms with van der Waals surface area (Å²) in [7, 11) is 0. The Morgan fingerprint density at radius 3 is 2.85 bits per heavy atom. The smallest absolute Gasteiger partial charge is 0.237 e. The van der Waals surface area contributed by atoms with Crippen molar-refractivity contribution in [2.75, 3.05) is 13.3 Å². The van der Waals surface area contributed by atoms with Gasteiger partial charge in [-0.1, -0.05) is 24.3 Å². The number of hydrogen-bond donors (Lipinski definition) is 3. The van der Waals surface area contributed by atoms with Crippen LogP contribution in [0.1, 0.15) is 23.2 Å². The lowest BCUT2D eigenvalue weighted by atomic mass is 10.0. The summed E-state index contributed by atoms with van der Waals surface area (Å²) < 4.78 is 12.3. The minimum Gasteiger partial charge on any atom is -0.454 e. The Balaban J connectivity index is 0.000000226. The van der Waals surface area contributed by atoms with Crippen LogP contribution in [0.25, 0.3) is 10.9 Å². The highest BCUT2D eigenvalue weighted by atomic mass is 16.7. The lowest BCUT2D eigenvalue weighted by Gasteiger charge is -2.13. The summed E-state index contributed by atoms with van der Waals surface area (Å²) >= 11 is 0. The van der Waals surface area contributed by atoms with Gasteiger partial charge in [0.25, 0.3) is 0 Å². The molecule has 1 amide bonds. The number of H-pyrrole nitrogens is 1. The van der Waals surface area contributed by atoms with Gasteiger partial charge in [0.2, 0.25) is 12.7 Å². The number of para-hydroxylation sites is 1. The van der Waals surface area contributed by atoms with Gasteiger partial charge in [-0.3, -0.25) is 4.79 Å². The molecule has 34 heavy (non-hydrogen) atoms. The van der Waals surface area contributed by atoms with Crippen molar-refractivity contribution in [2.24, 2.45) is 5.73 Å². The van der Waals surface area contributed by atoms with Crippen molar-refractivity contribution in [3.05, 3.63) is 78.0 Å². The number of imidazole rings is 1. The summed E-state index contributed by atoms with van der Waals surface area (Å²) in [6.07, 6.45) is 6.81. The number of fused-ring (bicyclic) bond motifs is 2. The number of ether oxygens (including phenoxy) is 2. The van der Waals surface area contributed by atoms with Crippen LogP contribution >= 0.6 is 0 Å². The van der Waals surface area contributed by atoms with Gasteiger partial charge in [-0.15, -0.1) is 0 Å². The Hall–Kier alpha value is -3.78. The summed E-state index contributed by atoms with van der Waals surface area (Å²) in [4.78, 5) is 19.5. The standard InChI is InChI=1S/C18H23N5O.C8H8O2/c1-13-15(14-5-2-3-6-17(14)22-13)11-16(19)18(24)21-7-4-9-23-10-8-20-12-23;1-6-2-3-7-8(4-6)10-5-9-7/h2-3,5-6,8,10,12,16,22H,4,7,9,11,19H2,1H3,(H,21,24);2-4H,5H2,1H3/t16-;/m0./s1. The first-order valence-electron chi connectivity index (χ1n) is 11.4. The van der Waals surface area contributed by atoms with Gasteiger partial charge in [0.15, 0.2) is 11.5 Å². The molecule has 2 aromatic heterocycles. The summed E-state index contributed by atoms with van der Waals surface area (Å²) in [5.74, 6) is 1.61. The van der Waals surface area contributed by atoms with E-state index < -0.39 is 6.04 Å². The number of nitrogens with zero attached hydrogens (tertiary/aromatic N) is 2. The highest BCUT2D eigenvalue weighted by Gasteiger charge is 2.17. The Morgan fingerprint density at radius 2 is 2.03 bits per heavy atom. The first-order valence-corrected chi connectivity index (χ1v) is 11.4. The third kappa shape index (κ3) is 5.77. The molecule has 178 valence electrons. The Morgan fingerprint density at radius 1 is 1.21 bits per heavy atom. The van der Waals surface area contributed by atoms with Crippen molar-refractivity contribution in [3.8, 4) is 11.5 Å². The van der Waals surface area contributed by atoms with E-state index in [-0.39, 0.29) is 5.91 Å². The van der Waals surface area contributed by atoms with Crippen LogP contribution in [-0.4, -0.2) is 39.8 Å². The van der Waals surface area contributed by atoms with Gasteiger partial charge in [-0.05, 0) is 56.0 Å². The Bertz CT molecular complexity index is 1230. The molecule has 0 radical (unpaired) electrons. The van der Waals surface area contributed by atoms with Crippen LogP contribution < -0.4 is 20.5 Å². The van der Waals surface area contributed by atoms with E-state index in [1.165, 1.54) is 5.56 Å². The molecule has 4 N–H and O–H groups in total. The predicted molar refractivity (Wildman–Crippen MR) is 132 cm³/mol. The Kier molecular flexibility index (Phi) is 7.49. The molecule has 8 nitrogen and oxygen atoms in total. The molecule has 2 aromatic carbocycles. The van der Waals surface area contributed by atoms with E-state index in [0.717, 1.165) is 46.6 Å². The van der Waals surface area contributed by atoms with E-state index >= 15 is 0 Å².